The van der Waals surface area contributed by atoms with Gasteiger partial charge in [-0.1, -0.05) is 32.1 Å². The van der Waals surface area contributed by atoms with Crippen molar-refractivity contribution in [2.24, 2.45) is 5.92 Å². The third-order valence-corrected chi connectivity index (χ3v) is 8.59. The van der Waals surface area contributed by atoms with Crippen molar-refractivity contribution in [2.75, 3.05) is 10.6 Å². The van der Waals surface area contributed by atoms with Crippen molar-refractivity contribution in [3.8, 4) is 21.6 Å². The van der Waals surface area contributed by atoms with Crippen molar-refractivity contribution < 1.29 is 0 Å². The normalized spacial score (nSPS) is 13.6. The van der Waals surface area contributed by atoms with Gasteiger partial charge in [0.25, 0.3) is 0 Å². The Balaban J connectivity index is 1.26. The van der Waals surface area contributed by atoms with Crippen LogP contribution in [-0.2, 0) is 0 Å². The number of hydrogen-bond acceptors (Lipinski definition) is 6. The number of aromatic amines is 1. The second kappa shape index (κ2) is 10.5. The van der Waals surface area contributed by atoms with Gasteiger partial charge in [-0.05, 0) is 80.1 Å². The molecule has 6 nitrogen and oxygen atoms in total. The first-order valence-electron chi connectivity index (χ1n) is 13.3. The molecule has 1 fully saturated rings. The lowest BCUT2D eigenvalue weighted by Gasteiger charge is -2.16. The van der Waals surface area contributed by atoms with E-state index < -0.39 is 0 Å². The van der Waals surface area contributed by atoms with Gasteiger partial charge >= 0.3 is 0 Å². The van der Waals surface area contributed by atoms with Gasteiger partial charge in [0.1, 0.15) is 11.5 Å². The zero-order valence-electron chi connectivity index (χ0n) is 22.3. The van der Waals surface area contributed by atoms with Gasteiger partial charge in [0, 0.05) is 44.4 Å². The maximum atomic E-state index is 4.60. The Morgan fingerprint density at radius 2 is 1.82 bits per heavy atom. The Labute approximate surface area is 232 Å². The Hall–Kier alpha value is -4.23. The highest BCUT2D eigenvalue weighted by Gasteiger charge is 2.18. The molecule has 1 saturated carbocycles. The van der Waals surface area contributed by atoms with E-state index in [4.69, 9.17) is 0 Å². The van der Waals surface area contributed by atoms with Crippen LogP contribution in [-0.4, -0.2) is 20.2 Å². The highest BCUT2D eigenvalue weighted by Crippen LogP contribution is 2.35. The summed E-state index contributed by atoms with van der Waals surface area (Å²) in [6.07, 6.45) is 10.6. The molecule has 4 heterocycles. The van der Waals surface area contributed by atoms with Crippen molar-refractivity contribution in [1.82, 2.24) is 20.2 Å². The Morgan fingerprint density at radius 1 is 0.974 bits per heavy atom. The first kappa shape index (κ1) is 25.1. The lowest BCUT2D eigenvalue weighted by Crippen LogP contribution is -2.07. The number of aromatic nitrogens is 4. The molecule has 0 radical (unpaired) electrons. The SMILES string of the molecule is C=C(Nc1nccc(-c2ccc(C)s2)c1C)c1n[nH]c2ccc(-c3cncc(NC(=C)C4CCCC4)c3)cc12. The number of benzene rings is 1. The third-order valence-electron chi connectivity index (χ3n) is 7.55. The molecule has 0 amide bonds. The van der Waals surface area contributed by atoms with Crippen LogP contribution in [0, 0.1) is 19.8 Å². The number of nitrogens with one attached hydrogen (secondary N) is 3. The lowest BCUT2D eigenvalue weighted by atomic mass is 10.0. The van der Waals surface area contributed by atoms with Gasteiger partial charge < -0.3 is 10.6 Å². The largest absolute Gasteiger partial charge is 0.358 e. The molecular weight excluding hydrogens is 500 g/mol. The van der Waals surface area contributed by atoms with Crippen LogP contribution in [0.1, 0.15) is 41.8 Å². The standard InChI is InChI=1S/C32H32N6S/c1-19-9-12-30(39-19)27-13-14-34-32(20(27)2)36-22(4)31-28-16-24(10-11-29(28)37-38-31)25-15-26(18-33-17-25)35-21(3)23-7-5-6-8-23/h9-18,23,35H,3-8H2,1-2H3,(H,34,36)(H,37,38). The molecule has 7 heteroatoms. The third kappa shape index (κ3) is 5.10. The topological polar surface area (TPSA) is 78.5 Å². The predicted molar refractivity (Wildman–Crippen MR) is 164 cm³/mol. The average Bonchev–Trinajstić information content (AvgIpc) is 3.71. The van der Waals surface area contributed by atoms with Crippen LogP contribution in [0.3, 0.4) is 0 Å². The zero-order chi connectivity index (χ0) is 26.9. The monoisotopic (exact) mass is 532 g/mol. The number of anilines is 2. The molecule has 5 aromatic rings. The van der Waals surface area contributed by atoms with Gasteiger partial charge in [-0.2, -0.15) is 5.10 Å². The van der Waals surface area contributed by atoms with Crippen molar-refractivity contribution in [1.29, 1.82) is 0 Å². The molecule has 1 aliphatic rings. The number of thiophene rings is 1. The molecule has 0 saturated heterocycles. The van der Waals surface area contributed by atoms with Crippen LogP contribution < -0.4 is 10.6 Å². The van der Waals surface area contributed by atoms with E-state index >= 15 is 0 Å². The molecule has 0 bridgehead atoms. The summed E-state index contributed by atoms with van der Waals surface area (Å²) in [7, 11) is 0. The number of hydrogen-bond donors (Lipinski definition) is 3. The summed E-state index contributed by atoms with van der Waals surface area (Å²) in [5.74, 6) is 1.33. The number of H-pyrrole nitrogens is 1. The molecular formula is C32H32N6S. The fourth-order valence-electron chi connectivity index (χ4n) is 5.36. The smallest absolute Gasteiger partial charge is 0.133 e. The van der Waals surface area contributed by atoms with Gasteiger partial charge in [-0.15, -0.1) is 11.3 Å². The number of allylic oxidation sites excluding steroid dienone is 1. The van der Waals surface area contributed by atoms with Gasteiger partial charge in [0.15, 0.2) is 0 Å². The van der Waals surface area contributed by atoms with Crippen LogP contribution >= 0.6 is 11.3 Å². The van der Waals surface area contributed by atoms with E-state index in [1.807, 2.05) is 18.6 Å². The minimum Gasteiger partial charge on any atom is -0.358 e. The number of pyridine rings is 2. The van der Waals surface area contributed by atoms with Crippen LogP contribution in [0.25, 0.3) is 38.2 Å². The van der Waals surface area contributed by atoms with Gasteiger partial charge in [-0.25, -0.2) is 4.98 Å². The summed E-state index contributed by atoms with van der Waals surface area (Å²) < 4.78 is 0. The highest BCUT2D eigenvalue weighted by molar-refractivity contribution is 7.15. The highest BCUT2D eigenvalue weighted by atomic mass is 32.1. The van der Waals surface area contributed by atoms with Gasteiger partial charge in [0.2, 0.25) is 0 Å². The van der Waals surface area contributed by atoms with E-state index in [9.17, 15) is 0 Å². The van der Waals surface area contributed by atoms with E-state index in [1.54, 1.807) is 11.3 Å². The summed E-state index contributed by atoms with van der Waals surface area (Å²) in [5, 5.41) is 15.6. The number of nitrogens with zero attached hydrogens (tertiary/aromatic N) is 3. The number of fused-ring (bicyclic) bond motifs is 1. The molecule has 196 valence electrons. The summed E-state index contributed by atoms with van der Waals surface area (Å²) in [4.78, 5) is 11.6. The molecule has 39 heavy (non-hydrogen) atoms. The predicted octanol–water partition coefficient (Wildman–Crippen LogP) is 8.56. The fourth-order valence-corrected chi connectivity index (χ4v) is 6.31. The summed E-state index contributed by atoms with van der Waals surface area (Å²) >= 11 is 1.78. The second-order valence-electron chi connectivity index (χ2n) is 10.3. The average molecular weight is 533 g/mol. The molecule has 0 spiro atoms. The van der Waals surface area contributed by atoms with Gasteiger partial charge in [-0.3, -0.25) is 10.1 Å². The Morgan fingerprint density at radius 3 is 2.62 bits per heavy atom. The molecule has 4 aromatic heterocycles. The quantitative estimate of drug-likeness (QED) is 0.187. The first-order chi connectivity index (χ1) is 19.0. The minimum atomic E-state index is 0.547. The second-order valence-corrected chi connectivity index (χ2v) is 11.6. The Bertz CT molecular complexity index is 1690. The first-order valence-corrected chi connectivity index (χ1v) is 14.2. The summed E-state index contributed by atoms with van der Waals surface area (Å²) in [6, 6.07) is 14.8. The van der Waals surface area contributed by atoms with Crippen molar-refractivity contribution in [2.45, 2.75) is 39.5 Å². The van der Waals surface area contributed by atoms with E-state index in [1.165, 1.54) is 41.0 Å². The molecule has 6 rings (SSSR count). The summed E-state index contributed by atoms with van der Waals surface area (Å²) in [6.45, 7) is 12.8. The molecule has 0 unspecified atom stereocenters. The van der Waals surface area contributed by atoms with Crippen LogP contribution in [0.2, 0.25) is 0 Å². The van der Waals surface area contributed by atoms with Crippen LogP contribution in [0.4, 0.5) is 11.5 Å². The molecule has 1 aromatic carbocycles. The van der Waals surface area contributed by atoms with Crippen LogP contribution in [0.5, 0.6) is 0 Å². The number of aryl methyl sites for hydroxylation is 1. The van der Waals surface area contributed by atoms with E-state index in [0.717, 1.165) is 50.5 Å². The van der Waals surface area contributed by atoms with Crippen molar-refractivity contribution in [3.63, 3.8) is 0 Å². The molecule has 0 atom stereocenters. The Kier molecular flexibility index (Phi) is 6.75. The summed E-state index contributed by atoms with van der Waals surface area (Å²) in [5.41, 5.74) is 8.79. The van der Waals surface area contributed by atoms with E-state index in [2.05, 4.69) is 100 Å². The fraction of sp³-hybridized carbons (Fsp3) is 0.219. The lowest BCUT2D eigenvalue weighted by molar-refractivity contribution is 0.649. The van der Waals surface area contributed by atoms with Crippen molar-refractivity contribution >= 4 is 39.4 Å². The number of rotatable bonds is 8. The molecule has 1 aliphatic carbocycles. The van der Waals surface area contributed by atoms with Gasteiger partial charge in [0.05, 0.1) is 23.1 Å². The minimum absolute atomic E-state index is 0.547. The van der Waals surface area contributed by atoms with Crippen molar-refractivity contribution in [3.05, 3.63) is 96.0 Å². The van der Waals surface area contributed by atoms with E-state index in [-0.39, 0.29) is 0 Å². The maximum absolute atomic E-state index is 4.60. The zero-order valence-corrected chi connectivity index (χ0v) is 23.2. The van der Waals surface area contributed by atoms with Crippen LogP contribution in [0.15, 0.2) is 79.9 Å². The van der Waals surface area contributed by atoms with E-state index in [0.29, 0.717) is 11.6 Å². The molecule has 0 aliphatic heterocycles. The molecule has 3 N–H and O–H groups in total. The maximum Gasteiger partial charge on any atom is 0.133 e.